The molecule has 4 heterocycles. The van der Waals surface area contributed by atoms with Crippen molar-refractivity contribution in [1.29, 1.82) is 5.26 Å². The van der Waals surface area contributed by atoms with Crippen LogP contribution in [-0.4, -0.2) is 61.7 Å². The molecule has 4 rings (SSSR count). The lowest BCUT2D eigenvalue weighted by atomic mass is 9.97. The van der Waals surface area contributed by atoms with Crippen molar-refractivity contribution in [2.45, 2.75) is 52.5 Å². The lowest BCUT2D eigenvalue weighted by Gasteiger charge is -2.30. The first-order valence-electron chi connectivity index (χ1n) is 11.9. The number of amides is 1. The molecule has 184 valence electrons. The second-order valence-electron chi connectivity index (χ2n) is 8.91. The highest BCUT2D eigenvalue weighted by atomic mass is 32.1. The standard InChI is InChI=1S/C24H31N9OS/c1-16-13-21(29-22(27-16)19-6-4-9-32(14-19)11-7-25)30-24-28-20(15-35-24)23(34)26-8-5-10-33-18(3)12-17(2)31-33/h12-13,15,19H,4-6,8-11,14H2,1-3H3,(H,26,34)(H,27,28,29,30). The van der Waals surface area contributed by atoms with E-state index in [9.17, 15) is 4.79 Å². The molecule has 11 heteroatoms. The third kappa shape index (κ3) is 6.61. The van der Waals surface area contributed by atoms with Crippen molar-refractivity contribution in [2.24, 2.45) is 0 Å². The zero-order valence-corrected chi connectivity index (χ0v) is 21.2. The third-order valence-corrected chi connectivity index (χ3v) is 6.70. The Morgan fingerprint density at radius 1 is 1.23 bits per heavy atom. The monoisotopic (exact) mass is 493 g/mol. The molecule has 35 heavy (non-hydrogen) atoms. The molecule has 2 N–H and O–H groups in total. The van der Waals surface area contributed by atoms with Gasteiger partial charge in [-0.1, -0.05) is 0 Å². The second-order valence-corrected chi connectivity index (χ2v) is 9.77. The van der Waals surface area contributed by atoms with Crippen molar-refractivity contribution >= 4 is 28.2 Å². The van der Waals surface area contributed by atoms with E-state index in [2.05, 4.69) is 36.7 Å². The molecular formula is C24H31N9OS. The largest absolute Gasteiger partial charge is 0.351 e. The van der Waals surface area contributed by atoms with Gasteiger partial charge in [-0.2, -0.15) is 10.4 Å². The van der Waals surface area contributed by atoms with Gasteiger partial charge in [-0.25, -0.2) is 15.0 Å². The van der Waals surface area contributed by atoms with E-state index in [1.165, 1.54) is 11.3 Å². The van der Waals surface area contributed by atoms with Crippen LogP contribution in [0.5, 0.6) is 0 Å². The van der Waals surface area contributed by atoms with Gasteiger partial charge in [0.1, 0.15) is 17.3 Å². The molecule has 3 aromatic rings. The Morgan fingerprint density at radius 3 is 2.86 bits per heavy atom. The minimum Gasteiger partial charge on any atom is -0.351 e. The summed E-state index contributed by atoms with van der Waals surface area (Å²) >= 11 is 1.37. The quantitative estimate of drug-likeness (QED) is 0.344. The highest BCUT2D eigenvalue weighted by Gasteiger charge is 2.24. The average molecular weight is 494 g/mol. The number of carbonyl (C=O) groups excluding carboxylic acids is 1. The predicted molar refractivity (Wildman–Crippen MR) is 135 cm³/mol. The average Bonchev–Trinajstić information content (AvgIpc) is 3.42. The number of thiazole rings is 1. The lowest BCUT2D eigenvalue weighted by molar-refractivity contribution is 0.0948. The Kier molecular flexibility index (Phi) is 8.05. The van der Waals surface area contributed by atoms with Crippen LogP contribution < -0.4 is 10.6 Å². The van der Waals surface area contributed by atoms with Crippen molar-refractivity contribution in [2.75, 3.05) is 31.5 Å². The maximum absolute atomic E-state index is 12.5. The van der Waals surface area contributed by atoms with Crippen LogP contribution >= 0.6 is 11.3 Å². The Balaban J connectivity index is 1.32. The summed E-state index contributed by atoms with van der Waals surface area (Å²) in [6, 6.07) is 6.15. The van der Waals surface area contributed by atoms with E-state index in [-0.39, 0.29) is 11.8 Å². The maximum atomic E-state index is 12.5. The number of likely N-dealkylation sites (tertiary alicyclic amines) is 1. The zero-order valence-electron chi connectivity index (χ0n) is 20.4. The van der Waals surface area contributed by atoms with Crippen LogP contribution in [0.4, 0.5) is 10.9 Å². The van der Waals surface area contributed by atoms with Crippen LogP contribution in [0.25, 0.3) is 0 Å². The lowest BCUT2D eigenvalue weighted by Crippen LogP contribution is -2.35. The Morgan fingerprint density at radius 2 is 2.09 bits per heavy atom. The Hall–Kier alpha value is -3.36. The van der Waals surface area contributed by atoms with Gasteiger partial charge in [-0.05, 0) is 52.6 Å². The first kappa shape index (κ1) is 24.8. The highest BCUT2D eigenvalue weighted by molar-refractivity contribution is 7.14. The number of aryl methyl sites for hydroxylation is 4. The minimum atomic E-state index is -0.193. The van der Waals surface area contributed by atoms with Crippen LogP contribution in [0.1, 0.15) is 58.6 Å². The number of nitriles is 1. The SMILES string of the molecule is Cc1cc(Nc2nc(C(=O)NCCCn3nc(C)cc3C)cs2)nc(C2CCCN(CC#N)C2)n1. The number of nitrogens with one attached hydrogen (secondary N) is 2. The molecule has 10 nitrogen and oxygen atoms in total. The van der Waals surface area contributed by atoms with Gasteiger partial charge in [-0.15, -0.1) is 11.3 Å². The summed E-state index contributed by atoms with van der Waals surface area (Å²) in [6.07, 6.45) is 2.82. The summed E-state index contributed by atoms with van der Waals surface area (Å²) in [7, 11) is 0. The number of piperidine rings is 1. The molecule has 0 radical (unpaired) electrons. The highest BCUT2D eigenvalue weighted by Crippen LogP contribution is 2.27. The zero-order chi connectivity index (χ0) is 24.8. The molecule has 1 fully saturated rings. The van der Waals surface area contributed by atoms with Crippen LogP contribution in [0, 0.1) is 32.1 Å². The Bertz CT molecular complexity index is 1210. The molecule has 1 aliphatic rings. The molecule has 0 spiro atoms. The smallest absolute Gasteiger partial charge is 0.270 e. The Labute approximate surface area is 209 Å². The van der Waals surface area contributed by atoms with Gasteiger partial charge in [0.2, 0.25) is 0 Å². The van der Waals surface area contributed by atoms with E-state index in [1.807, 2.05) is 37.6 Å². The van der Waals surface area contributed by atoms with E-state index < -0.39 is 0 Å². The van der Waals surface area contributed by atoms with Gasteiger partial charge in [-0.3, -0.25) is 14.4 Å². The summed E-state index contributed by atoms with van der Waals surface area (Å²) in [5.41, 5.74) is 3.37. The molecule has 0 aliphatic carbocycles. The van der Waals surface area contributed by atoms with Crippen LogP contribution in [0.2, 0.25) is 0 Å². The number of anilines is 2. The van der Waals surface area contributed by atoms with Crippen molar-refractivity contribution in [3.63, 3.8) is 0 Å². The molecule has 0 bridgehead atoms. The minimum absolute atomic E-state index is 0.193. The van der Waals surface area contributed by atoms with E-state index in [0.29, 0.717) is 29.7 Å². The number of nitrogens with zero attached hydrogens (tertiary/aromatic N) is 7. The second kappa shape index (κ2) is 11.4. The molecule has 1 saturated heterocycles. The molecule has 1 unspecified atom stereocenters. The third-order valence-electron chi connectivity index (χ3n) is 5.94. The predicted octanol–water partition coefficient (Wildman–Crippen LogP) is 3.32. The molecule has 1 atom stereocenters. The summed E-state index contributed by atoms with van der Waals surface area (Å²) in [4.78, 5) is 28.5. The van der Waals surface area contributed by atoms with Gasteiger partial charge >= 0.3 is 0 Å². The van der Waals surface area contributed by atoms with Crippen LogP contribution in [0.15, 0.2) is 17.5 Å². The maximum Gasteiger partial charge on any atom is 0.270 e. The summed E-state index contributed by atoms with van der Waals surface area (Å²) in [5, 5.41) is 22.0. The summed E-state index contributed by atoms with van der Waals surface area (Å²) < 4.78 is 1.96. The van der Waals surface area contributed by atoms with Crippen molar-refractivity contribution in [3.05, 3.63) is 46.1 Å². The molecule has 1 aliphatic heterocycles. The molecule has 0 saturated carbocycles. The summed E-state index contributed by atoms with van der Waals surface area (Å²) in [6.45, 7) is 9.42. The number of rotatable bonds is 9. The summed E-state index contributed by atoms with van der Waals surface area (Å²) in [5.74, 6) is 1.45. The fourth-order valence-electron chi connectivity index (χ4n) is 4.32. The molecule has 3 aromatic heterocycles. The van der Waals surface area contributed by atoms with Crippen LogP contribution in [-0.2, 0) is 6.54 Å². The number of aromatic nitrogens is 5. The first-order valence-corrected chi connectivity index (χ1v) is 12.8. The topological polar surface area (TPSA) is 125 Å². The van der Waals surface area contributed by atoms with Gasteiger partial charge in [0, 0.05) is 48.4 Å². The van der Waals surface area contributed by atoms with Gasteiger partial charge < -0.3 is 10.6 Å². The van der Waals surface area contributed by atoms with E-state index in [0.717, 1.165) is 61.8 Å². The van der Waals surface area contributed by atoms with Gasteiger partial charge in [0.05, 0.1) is 18.3 Å². The molecule has 1 amide bonds. The number of hydrogen-bond acceptors (Lipinski definition) is 9. The van der Waals surface area contributed by atoms with E-state index >= 15 is 0 Å². The van der Waals surface area contributed by atoms with Gasteiger partial charge in [0.15, 0.2) is 5.13 Å². The first-order chi connectivity index (χ1) is 16.9. The van der Waals surface area contributed by atoms with E-state index in [4.69, 9.17) is 10.2 Å². The molecular weight excluding hydrogens is 462 g/mol. The van der Waals surface area contributed by atoms with Crippen LogP contribution in [0.3, 0.4) is 0 Å². The van der Waals surface area contributed by atoms with Crippen molar-refractivity contribution in [1.82, 2.24) is 34.9 Å². The fourth-order valence-corrected chi connectivity index (χ4v) is 5.01. The van der Waals surface area contributed by atoms with Crippen molar-refractivity contribution < 1.29 is 4.79 Å². The molecule has 0 aromatic carbocycles. The fraction of sp³-hybridized carbons (Fsp3) is 0.500. The van der Waals surface area contributed by atoms with Gasteiger partial charge in [0.25, 0.3) is 5.91 Å². The number of hydrogen-bond donors (Lipinski definition) is 2. The van der Waals surface area contributed by atoms with Crippen molar-refractivity contribution in [3.8, 4) is 6.07 Å². The number of carbonyl (C=O) groups is 1. The van der Waals surface area contributed by atoms with E-state index in [1.54, 1.807) is 5.38 Å². The normalized spacial score (nSPS) is 16.1.